The fraction of sp³-hybridized carbons (Fsp3) is 0.156. The highest BCUT2D eigenvalue weighted by atomic mass is 35.5. The normalized spacial score (nSPS) is 24.1. The Morgan fingerprint density at radius 1 is 0.975 bits per heavy atom. The zero-order chi connectivity index (χ0) is 27.6. The van der Waals surface area contributed by atoms with Crippen molar-refractivity contribution in [1.29, 1.82) is 0 Å². The van der Waals surface area contributed by atoms with Gasteiger partial charge in [-0.1, -0.05) is 66.2 Å². The van der Waals surface area contributed by atoms with Crippen LogP contribution >= 0.6 is 11.6 Å². The van der Waals surface area contributed by atoms with E-state index in [4.69, 9.17) is 11.6 Å². The molecule has 0 unspecified atom stereocenters. The summed E-state index contributed by atoms with van der Waals surface area (Å²) in [5.74, 6) is -2.68. The summed E-state index contributed by atoms with van der Waals surface area (Å²) in [6.07, 6.45) is 4.69. The van der Waals surface area contributed by atoms with Crippen LogP contribution in [0.5, 0.6) is 0 Å². The van der Waals surface area contributed by atoms with E-state index < -0.39 is 23.2 Å². The number of aryl methyl sites for hydroxylation is 1. The number of carbonyl (C=O) groups excluding carboxylic acids is 3. The number of hydrogen-bond acceptors (Lipinski definition) is 5. The molecule has 8 rings (SSSR count). The number of aromatic nitrogens is 1. The predicted molar refractivity (Wildman–Crippen MR) is 151 cm³/mol. The Morgan fingerprint density at radius 3 is 2.35 bits per heavy atom. The van der Waals surface area contributed by atoms with E-state index in [2.05, 4.69) is 15.5 Å². The van der Waals surface area contributed by atoms with Crippen molar-refractivity contribution in [2.75, 3.05) is 4.90 Å². The Bertz CT molecular complexity index is 1700. The molecule has 196 valence electrons. The molecule has 3 amide bonds. The Labute approximate surface area is 235 Å². The molecular formula is C32H23ClN4O3. The molecule has 0 saturated carbocycles. The van der Waals surface area contributed by atoms with Gasteiger partial charge in [-0.05, 0) is 59.0 Å². The third-order valence-electron chi connectivity index (χ3n) is 8.45. The van der Waals surface area contributed by atoms with Crippen LogP contribution in [0.2, 0.25) is 5.02 Å². The molecule has 1 aliphatic heterocycles. The fourth-order valence-corrected chi connectivity index (χ4v) is 7.03. The maximum atomic E-state index is 14.5. The second-order valence-corrected chi connectivity index (χ2v) is 10.8. The molecule has 4 aliphatic rings. The van der Waals surface area contributed by atoms with Gasteiger partial charge in [0.2, 0.25) is 11.8 Å². The monoisotopic (exact) mass is 546 g/mol. The summed E-state index contributed by atoms with van der Waals surface area (Å²) >= 11 is 6.32. The lowest BCUT2D eigenvalue weighted by Gasteiger charge is -2.52. The molecule has 2 bridgehead atoms. The van der Waals surface area contributed by atoms with E-state index in [0.717, 1.165) is 27.8 Å². The second kappa shape index (κ2) is 8.96. The molecule has 1 aromatic heterocycles. The SMILES string of the molecule is Cc1ccc(Cl)cc1N1C(=O)[C@H]2C3c4ccccc4C(/C=N\NC(=O)c4cccnc4)(c4ccccc43)[C@H]2C1=O. The highest BCUT2D eigenvalue weighted by Gasteiger charge is 2.68. The summed E-state index contributed by atoms with van der Waals surface area (Å²) in [5.41, 5.74) is 6.94. The van der Waals surface area contributed by atoms with E-state index in [1.807, 2.05) is 61.5 Å². The number of hydrazone groups is 1. The lowest BCUT2D eigenvalue weighted by molar-refractivity contribution is -0.122. The van der Waals surface area contributed by atoms with E-state index in [0.29, 0.717) is 16.3 Å². The molecule has 2 atom stereocenters. The van der Waals surface area contributed by atoms with E-state index in [1.54, 1.807) is 36.7 Å². The molecule has 1 N–H and O–H groups in total. The molecular weight excluding hydrogens is 524 g/mol. The lowest BCUT2D eigenvalue weighted by atomic mass is 9.47. The summed E-state index contributed by atoms with van der Waals surface area (Å²) in [5, 5.41) is 4.88. The van der Waals surface area contributed by atoms with Crippen LogP contribution in [-0.4, -0.2) is 28.9 Å². The van der Waals surface area contributed by atoms with Crippen LogP contribution in [0, 0.1) is 18.8 Å². The Morgan fingerprint density at radius 2 is 1.68 bits per heavy atom. The molecule has 3 aromatic carbocycles. The third kappa shape index (κ3) is 3.27. The van der Waals surface area contributed by atoms with Gasteiger partial charge in [-0.15, -0.1) is 0 Å². The van der Waals surface area contributed by atoms with Crippen molar-refractivity contribution in [3.63, 3.8) is 0 Å². The molecule has 40 heavy (non-hydrogen) atoms. The van der Waals surface area contributed by atoms with Crippen molar-refractivity contribution in [3.05, 3.63) is 130 Å². The molecule has 7 nitrogen and oxygen atoms in total. The van der Waals surface area contributed by atoms with Crippen LogP contribution in [-0.2, 0) is 15.0 Å². The van der Waals surface area contributed by atoms with Crippen molar-refractivity contribution >= 4 is 41.2 Å². The van der Waals surface area contributed by atoms with Crippen LogP contribution in [0.25, 0.3) is 0 Å². The van der Waals surface area contributed by atoms with Crippen molar-refractivity contribution < 1.29 is 14.4 Å². The number of anilines is 1. The molecule has 0 radical (unpaired) electrons. The Kier molecular flexibility index (Phi) is 5.47. The van der Waals surface area contributed by atoms with Crippen LogP contribution in [0.15, 0.2) is 96.4 Å². The smallest absolute Gasteiger partial charge is 0.272 e. The van der Waals surface area contributed by atoms with Gasteiger partial charge < -0.3 is 0 Å². The maximum absolute atomic E-state index is 14.5. The van der Waals surface area contributed by atoms with E-state index >= 15 is 0 Å². The summed E-state index contributed by atoms with van der Waals surface area (Å²) in [7, 11) is 0. The summed E-state index contributed by atoms with van der Waals surface area (Å²) in [4.78, 5) is 46.9. The third-order valence-corrected chi connectivity index (χ3v) is 8.69. The van der Waals surface area contributed by atoms with Gasteiger partial charge in [0.25, 0.3) is 5.91 Å². The fourth-order valence-electron chi connectivity index (χ4n) is 6.87. The molecule has 4 aromatic rings. The number of carbonyl (C=O) groups is 3. The summed E-state index contributed by atoms with van der Waals surface area (Å²) < 4.78 is 0. The first kappa shape index (κ1) is 24.4. The Hall–Kier alpha value is -4.62. The molecule has 8 heteroatoms. The average molecular weight is 547 g/mol. The Balaban J connectivity index is 1.43. The number of halogens is 1. The minimum absolute atomic E-state index is 0.258. The van der Waals surface area contributed by atoms with Crippen molar-refractivity contribution in [2.24, 2.45) is 16.9 Å². The number of nitrogens with one attached hydrogen (secondary N) is 1. The summed E-state index contributed by atoms with van der Waals surface area (Å²) in [6.45, 7) is 1.86. The van der Waals surface area contributed by atoms with Crippen LogP contribution in [0.1, 0.15) is 44.1 Å². The van der Waals surface area contributed by atoms with Gasteiger partial charge in [0.15, 0.2) is 0 Å². The van der Waals surface area contributed by atoms with Crippen molar-refractivity contribution in [3.8, 4) is 0 Å². The first-order chi connectivity index (χ1) is 19.4. The number of nitrogens with zero attached hydrogens (tertiary/aromatic N) is 3. The number of hydrogen-bond donors (Lipinski definition) is 1. The van der Waals surface area contributed by atoms with Gasteiger partial charge in [-0.2, -0.15) is 5.10 Å². The standard InChI is InChI=1S/C32H23ClN4O3/c1-18-12-13-20(33)15-25(18)37-30(39)27-26-21-8-2-4-10-23(21)32(28(27)31(37)40,24-11-5-3-9-22(24)26)17-35-36-29(38)19-7-6-14-34-16-19/h2-17,26-28H,1H3,(H,36,38)/b35-17-/t26?,27-,28+,32?/m0/s1. The van der Waals surface area contributed by atoms with Gasteiger partial charge in [-0.25, -0.2) is 10.3 Å². The van der Waals surface area contributed by atoms with Gasteiger partial charge in [-0.3, -0.25) is 19.4 Å². The van der Waals surface area contributed by atoms with Crippen LogP contribution in [0.3, 0.4) is 0 Å². The first-order valence-corrected chi connectivity index (χ1v) is 13.4. The highest BCUT2D eigenvalue weighted by Crippen LogP contribution is 2.63. The molecule has 3 aliphatic carbocycles. The molecule has 1 saturated heterocycles. The quantitative estimate of drug-likeness (QED) is 0.221. The minimum atomic E-state index is -1.08. The number of rotatable bonds is 4. The van der Waals surface area contributed by atoms with Crippen molar-refractivity contribution in [2.45, 2.75) is 18.3 Å². The van der Waals surface area contributed by atoms with Gasteiger partial charge >= 0.3 is 0 Å². The second-order valence-electron chi connectivity index (χ2n) is 10.4. The number of amides is 3. The lowest BCUT2D eigenvalue weighted by Crippen LogP contribution is -2.54. The van der Waals surface area contributed by atoms with E-state index in [1.165, 1.54) is 11.1 Å². The number of imide groups is 1. The number of pyridine rings is 1. The zero-order valence-corrected chi connectivity index (χ0v) is 22.2. The molecule has 0 spiro atoms. The zero-order valence-electron chi connectivity index (χ0n) is 21.4. The first-order valence-electron chi connectivity index (χ1n) is 13.0. The minimum Gasteiger partial charge on any atom is -0.274 e. The highest BCUT2D eigenvalue weighted by molar-refractivity contribution is 6.31. The van der Waals surface area contributed by atoms with Gasteiger partial charge in [0.1, 0.15) is 0 Å². The molecule has 1 fully saturated rings. The van der Waals surface area contributed by atoms with Crippen LogP contribution < -0.4 is 10.3 Å². The number of benzene rings is 3. The van der Waals surface area contributed by atoms with Crippen LogP contribution in [0.4, 0.5) is 5.69 Å². The van der Waals surface area contributed by atoms with Gasteiger partial charge in [0, 0.05) is 29.5 Å². The van der Waals surface area contributed by atoms with Crippen molar-refractivity contribution in [1.82, 2.24) is 10.4 Å². The topological polar surface area (TPSA) is 91.7 Å². The molecule has 2 heterocycles. The summed E-state index contributed by atoms with van der Waals surface area (Å²) in [6, 6.07) is 24.3. The maximum Gasteiger partial charge on any atom is 0.272 e. The van der Waals surface area contributed by atoms with Gasteiger partial charge in [0.05, 0.1) is 28.5 Å². The largest absolute Gasteiger partial charge is 0.274 e. The predicted octanol–water partition coefficient (Wildman–Crippen LogP) is 5.01. The van der Waals surface area contributed by atoms with E-state index in [-0.39, 0.29) is 17.7 Å². The average Bonchev–Trinajstić information content (AvgIpc) is 3.25. The van der Waals surface area contributed by atoms with E-state index in [9.17, 15) is 14.4 Å².